The lowest BCUT2D eigenvalue weighted by atomic mass is 9.98. The molecule has 23 heavy (non-hydrogen) atoms. The average Bonchev–Trinajstić information content (AvgIpc) is 3.17. The van der Waals surface area contributed by atoms with E-state index in [-0.39, 0.29) is 0 Å². The van der Waals surface area contributed by atoms with Gasteiger partial charge in [-0.1, -0.05) is 18.5 Å². The second kappa shape index (κ2) is 6.93. The zero-order chi connectivity index (χ0) is 16.4. The maximum Gasteiger partial charge on any atom is 0.252 e. The quantitative estimate of drug-likeness (QED) is 0.808. The van der Waals surface area contributed by atoms with Crippen LogP contribution in [-0.4, -0.2) is 35.4 Å². The first kappa shape index (κ1) is 17.0. The molecule has 8 heteroatoms. The van der Waals surface area contributed by atoms with Gasteiger partial charge in [-0.15, -0.1) is 11.3 Å². The third-order valence-electron chi connectivity index (χ3n) is 4.29. The van der Waals surface area contributed by atoms with E-state index >= 15 is 0 Å². The van der Waals surface area contributed by atoms with Gasteiger partial charge in [0.15, 0.2) is 0 Å². The molecule has 0 bridgehead atoms. The summed E-state index contributed by atoms with van der Waals surface area (Å²) < 4.78 is 29.8. The fraction of sp³-hybridized carbons (Fsp3) is 0.533. The molecular formula is C15H20ClN3O2S2. The van der Waals surface area contributed by atoms with Gasteiger partial charge in [-0.05, 0) is 30.9 Å². The molecule has 0 aliphatic carbocycles. The van der Waals surface area contributed by atoms with E-state index in [1.807, 2.05) is 12.4 Å². The Bertz CT molecular complexity index is 761. The predicted octanol–water partition coefficient (Wildman–Crippen LogP) is 3.26. The largest absolute Gasteiger partial charge is 0.335 e. The van der Waals surface area contributed by atoms with Gasteiger partial charge in [0.2, 0.25) is 0 Å². The fourth-order valence-corrected chi connectivity index (χ4v) is 6.10. The van der Waals surface area contributed by atoms with Crippen LogP contribution in [0, 0.1) is 5.92 Å². The lowest BCUT2D eigenvalue weighted by Gasteiger charge is -2.31. The molecule has 0 atom stereocenters. The summed E-state index contributed by atoms with van der Waals surface area (Å²) in [7, 11) is -3.39. The van der Waals surface area contributed by atoms with Gasteiger partial charge >= 0.3 is 0 Å². The predicted molar refractivity (Wildman–Crippen MR) is 92.4 cm³/mol. The molecule has 0 saturated carbocycles. The fourth-order valence-electron chi connectivity index (χ4n) is 2.99. The molecule has 2 aromatic heterocycles. The van der Waals surface area contributed by atoms with Crippen LogP contribution in [0.3, 0.4) is 0 Å². The third kappa shape index (κ3) is 3.63. The minimum absolute atomic E-state index is 0.337. The van der Waals surface area contributed by atoms with E-state index in [0.29, 0.717) is 27.6 Å². The molecule has 1 aliphatic rings. The number of imidazole rings is 1. The minimum Gasteiger partial charge on any atom is -0.335 e. The van der Waals surface area contributed by atoms with Crippen LogP contribution in [0.5, 0.6) is 0 Å². The molecule has 0 unspecified atom stereocenters. The van der Waals surface area contributed by atoms with Crippen LogP contribution in [0.25, 0.3) is 0 Å². The number of piperidine rings is 1. The molecular weight excluding hydrogens is 354 g/mol. The van der Waals surface area contributed by atoms with Gasteiger partial charge in [-0.2, -0.15) is 4.31 Å². The normalized spacial score (nSPS) is 17.7. The van der Waals surface area contributed by atoms with Crippen molar-refractivity contribution in [2.24, 2.45) is 5.92 Å². The zero-order valence-corrected chi connectivity index (χ0v) is 15.4. The van der Waals surface area contributed by atoms with Crippen molar-refractivity contribution in [1.29, 1.82) is 0 Å². The lowest BCUT2D eigenvalue weighted by Crippen LogP contribution is -2.39. The highest BCUT2D eigenvalue weighted by molar-refractivity contribution is 7.91. The molecule has 5 nitrogen and oxygen atoms in total. The number of aryl methyl sites for hydroxylation is 1. The number of thiophene rings is 1. The van der Waals surface area contributed by atoms with Crippen molar-refractivity contribution in [3.05, 3.63) is 34.7 Å². The number of aromatic nitrogens is 2. The van der Waals surface area contributed by atoms with Crippen molar-refractivity contribution >= 4 is 33.0 Å². The summed E-state index contributed by atoms with van der Waals surface area (Å²) in [5, 5.41) is 0. The zero-order valence-electron chi connectivity index (χ0n) is 13.0. The van der Waals surface area contributed by atoms with Crippen molar-refractivity contribution in [1.82, 2.24) is 13.9 Å². The van der Waals surface area contributed by atoms with Gasteiger partial charge in [-0.3, -0.25) is 0 Å². The van der Waals surface area contributed by atoms with E-state index in [9.17, 15) is 8.42 Å². The van der Waals surface area contributed by atoms with Crippen LogP contribution < -0.4 is 0 Å². The Balaban J connectivity index is 1.62. The Morgan fingerprint density at radius 3 is 2.70 bits per heavy atom. The second-order valence-electron chi connectivity index (χ2n) is 5.76. The number of halogens is 1. The van der Waals surface area contributed by atoms with Crippen LogP contribution in [0.4, 0.5) is 0 Å². The van der Waals surface area contributed by atoms with Crippen molar-refractivity contribution < 1.29 is 8.42 Å². The van der Waals surface area contributed by atoms with Crippen molar-refractivity contribution in [2.75, 3.05) is 13.1 Å². The molecule has 2 aromatic rings. The number of rotatable bonds is 5. The molecule has 126 valence electrons. The van der Waals surface area contributed by atoms with Crippen LogP contribution in [0.1, 0.15) is 25.6 Å². The monoisotopic (exact) mass is 373 g/mol. The van der Waals surface area contributed by atoms with E-state index in [0.717, 1.165) is 43.0 Å². The van der Waals surface area contributed by atoms with Crippen molar-refractivity contribution in [3.63, 3.8) is 0 Å². The Hall–Kier alpha value is -0.890. The summed E-state index contributed by atoms with van der Waals surface area (Å²) >= 11 is 6.98. The van der Waals surface area contributed by atoms with Crippen LogP contribution in [0.15, 0.2) is 28.7 Å². The van der Waals surface area contributed by atoms with Gasteiger partial charge in [0.05, 0.1) is 4.34 Å². The van der Waals surface area contributed by atoms with E-state index < -0.39 is 10.0 Å². The summed E-state index contributed by atoms with van der Waals surface area (Å²) in [5.74, 6) is 1.58. The molecule has 0 radical (unpaired) electrons. The van der Waals surface area contributed by atoms with E-state index in [4.69, 9.17) is 11.6 Å². The van der Waals surface area contributed by atoms with Gasteiger partial charge in [0.25, 0.3) is 10.0 Å². The molecule has 1 aliphatic heterocycles. The smallest absolute Gasteiger partial charge is 0.252 e. The first-order valence-electron chi connectivity index (χ1n) is 7.76. The minimum atomic E-state index is -3.39. The number of hydrogen-bond donors (Lipinski definition) is 0. The van der Waals surface area contributed by atoms with Gasteiger partial charge < -0.3 is 4.57 Å². The van der Waals surface area contributed by atoms with Crippen LogP contribution >= 0.6 is 22.9 Å². The SMILES string of the molecule is CCc1nccn1CC1CCN(S(=O)(=O)c2ccc(Cl)s2)CC1. The number of hydrogen-bond acceptors (Lipinski definition) is 4. The summed E-state index contributed by atoms with van der Waals surface area (Å²) in [6, 6.07) is 3.23. The Morgan fingerprint density at radius 1 is 1.35 bits per heavy atom. The maximum atomic E-state index is 12.6. The van der Waals surface area contributed by atoms with Gasteiger partial charge in [0, 0.05) is 38.4 Å². The van der Waals surface area contributed by atoms with Gasteiger partial charge in [-0.25, -0.2) is 13.4 Å². The Labute approximate surface area is 146 Å². The molecule has 0 aromatic carbocycles. The second-order valence-corrected chi connectivity index (χ2v) is 9.64. The van der Waals surface area contributed by atoms with E-state index in [1.54, 1.807) is 16.4 Å². The third-order valence-corrected chi connectivity index (χ3v) is 7.89. The van der Waals surface area contributed by atoms with Crippen molar-refractivity contribution in [2.45, 2.75) is 36.9 Å². The highest BCUT2D eigenvalue weighted by Crippen LogP contribution is 2.30. The Kier molecular flexibility index (Phi) is 5.10. The lowest BCUT2D eigenvalue weighted by molar-refractivity contribution is 0.252. The molecule has 0 spiro atoms. The topological polar surface area (TPSA) is 55.2 Å². The summed E-state index contributed by atoms with van der Waals surface area (Å²) in [6.45, 7) is 4.15. The average molecular weight is 374 g/mol. The molecule has 1 saturated heterocycles. The first-order valence-corrected chi connectivity index (χ1v) is 10.4. The highest BCUT2D eigenvalue weighted by Gasteiger charge is 2.30. The van der Waals surface area contributed by atoms with Gasteiger partial charge in [0.1, 0.15) is 10.0 Å². The summed E-state index contributed by atoms with van der Waals surface area (Å²) in [6.07, 6.45) is 6.51. The number of sulfonamides is 1. The molecule has 3 heterocycles. The molecule has 0 N–H and O–H groups in total. The highest BCUT2D eigenvalue weighted by atomic mass is 35.5. The van der Waals surface area contributed by atoms with E-state index in [1.165, 1.54) is 0 Å². The van der Waals surface area contributed by atoms with Crippen LogP contribution in [0.2, 0.25) is 4.34 Å². The molecule has 3 rings (SSSR count). The van der Waals surface area contributed by atoms with E-state index in [2.05, 4.69) is 16.5 Å². The van der Waals surface area contributed by atoms with Crippen molar-refractivity contribution in [3.8, 4) is 0 Å². The first-order chi connectivity index (χ1) is 11.0. The maximum absolute atomic E-state index is 12.6. The number of nitrogens with zero attached hydrogens (tertiary/aromatic N) is 3. The van der Waals surface area contributed by atoms with Crippen LogP contribution in [-0.2, 0) is 23.0 Å². The molecule has 1 fully saturated rings. The standard InChI is InChI=1S/C15H20ClN3O2S2/c1-2-14-17-7-10-18(14)11-12-5-8-19(9-6-12)23(20,21)15-4-3-13(16)22-15/h3-4,7,10,12H,2,5-6,8-9,11H2,1H3. The molecule has 0 amide bonds. The summed E-state index contributed by atoms with van der Waals surface area (Å²) in [4.78, 5) is 4.34. The Morgan fingerprint density at radius 2 is 2.09 bits per heavy atom. The summed E-state index contributed by atoms with van der Waals surface area (Å²) in [5.41, 5.74) is 0.